The second-order valence-electron chi connectivity index (χ2n) is 17.2. The van der Waals surface area contributed by atoms with Gasteiger partial charge in [-0.2, -0.15) is 0 Å². The van der Waals surface area contributed by atoms with Crippen molar-refractivity contribution >= 4 is 17.5 Å². The van der Waals surface area contributed by atoms with Crippen LogP contribution < -0.4 is 4.74 Å². The van der Waals surface area contributed by atoms with Crippen LogP contribution in [0.2, 0.25) is 0 Å². The first-order chi connectivity index (χ1) is 20.1. The van der Waals surface area contributed by atoms with Gasteiger partial charge in [0.1, 0.15) is 5.75 Å². The van der Waals surface area contributed by atoms with Gasteiger partial charge in [0.05, 0.1) is 5.56 Å². The quantitative estimate of drug-likeness (QED) is 0.242. The van der Waals surface area contributed by atoms with Crippen molar-refractivity contribution in [1.29, 1.82) is 0 Å². The molecule has 43 heavy (non-hydrogen) atoms. The zero-order valence-corrected chi connectivity index (χ0v) is 28.1. The first-order valence-corrected chi connectivity index (χ1v) is 17.4. The molecule has 1 aromatic rings. The Hall–Kier alpha value is -2.10. The van der Waals surface area contributed by atoms with Crippen LogP contribution in [-0.4, -0.2) is 17.0 Å². The van der Waals surface area contributed by atoms with Crippen molar-refractivity contribution in [2.75, 3.05) is 0 Å². The van der Waals surface area contributed by atoms with Crippen molar-refractivity contribution in [2.24, 2.45) is 56.7 Å². The molecule has 0 heterocycles. The van der Waals surface area contributed by atoms with Crippen LogP contribution >= 0.6 is 0 Å². The molecule has 4 fully saturated rings. The Labute approximate surface area is 260 Å². The number of aromatic carboxylic acids is 1. The van der Waals surface area contributed by atoms with E-state index in [0.29, 0.717) is 34.0 Å². The Morgan fingerprint density at radius 3 is 2.35 bits per heavy atom. The molecule has 0 aliphatic heterocycles. The molecule has 0 unspecified atom stereocenters. The fraction of sp³-hybridized carbons (Fsp3) is 0.744. The molecular weight excluding hydrogens is 532 g/mol. The van der Waals surface area contributed by atoms with Crippen LogP contribution in [0.1, 0.15) is 142 Å². The van der Waals surface area contributed by atoms with Crippen LogP contribution in [0.15, 0.2) is 24.3 Å². The van der Waals surface area contributed by atoms with Gasteiger partial charge in [0.2, 0.25) is 0 Å². The lowest BCUT2D eigenvalue weighted by molar-refractivity contribution is -0.132. The van der Waals surface area contributed by atoms with Crippen LogP contribution in [0.3, 0.4) is 0 Å². The molecule has 0 amide bonds. The van der Waals surface area contributed by atoms with Crippen molar-refractivity contribution in [3.8, 4) is 5.75 Å². The lowest BCUT2D eigenvalue weighted by atomic mass is 9.41. The summed E-state index contributed by atoms with van der Waals surface area (Å²) in [7, 11) is 0. The molecule has 4 nitrogen and oxygen atoms in total. The highest BCUT2D eigenvalue weighted by molar-refractivity contribution is 5.98. The molecule has 5 aliphatic rings. The summed E-state index contributed by atoms with van der Waals surface area (Å²) < 4.78 is 5.77. The predicted molar refractivity (Wildman–Crippen MR) is 173 cm³/mol. The number of carboxylic acid groups (broad SMARTS) is 1. The third kappa shape index (κ3) is 4.27. The molecule has 0 aromatic heterocycles. The number of benzene rings is 1. The number of esters is 1. The minimum absolute atomic E-state index is 0.0522. The molecule has 0 saturated heterocycles. The predicted octanol–water partition coefficient (Wildman–Crippen LogP) is 10.2. The number of allylic oxidation sites excluding steroid dienone is 2. The summed E-state index contributed by atoms with van der Waals surface area (Å²) >= 11 is 0. The van der Waals surface area contributed by atoms with E-state index in [2.05, 4.69) is 54.5 Å². The first kappa shape index (κ1) is 30.9. The largest absolute Gasteiger partial charge is 0.478 e. The van der Waals surface area contributed by atoms with E-state index in [1.807, 2.05) is 0 Å². The van der Waals surface area contributed by atoms with E-state index in [9.17, 15) is 14.7 Å². The first-order valence-electron chi connectivity index (χ1n) is 17.4. The summed E-state index contributed by atoms with van der Waals surface area (Å²) in [5.41, 5.74) is 3.07. The number of hydrogen-bond acceptors (Lipinski definition) is 3. The van der Waals surface area contributed by atoms with Crippen molar-refractivity contribution in [3.05, 3.63) is 35.4 Å². The van der Waals surface area contributed by atoms with Gasteiger partial charge < -0.3 is 9.84 Å². The number of carboxylic acids is 1. The van der Waals surface area contributed by atoms with Gasteiger partial charge in [-0.3, -0.25) is 4.79 Å². The molecule has 0 bridgehead atoms. The maximum Gasteiger partial charge on any atom is 0.336 e. The van der Waals surface area contributed by atoms with E-state index < -0.39 is 11.9 Å². The van der Waals surface area contributed by atoms with Gasteiger partial charge in [0, 0.05) is 17.9 Å². The topological polar surface area (TPSA) is 63.6 Å². The van der Waals surface area contributed by atoms with Crippen molar-refractivity contribution in [1.82, 2.24) is 0 Å². The summed E-state index contributed by atoms with van der Waals surface area (Å²) in [6.07, 6.45) is 16.2. The molecule has 5 aliphatic carbocycles. The highest BCUT2D eigenvalue weighted by atomic mass is 16.5. The molecule has 8 atom stereocenters. The van der Waals surface area contributed by atoms with Crippen LogP contribution in [0.5, 0.6) is 5.75 Å². The van der Waals surface area contributed by atoms with Crippen molar-refractivity contribution in [2.45, 2.75) is 126 Å². The Kier molecular flexibility index (Phi) is 7.34. The highest BCUT2D eigenvalue weighted by Gasteiger charge is 2.83. The number of hydrogen-bond donors (Lipinski definition) is 1. The Bertz CT molecular complexity index is 1340. The smallest absolute Gasteiger partial charge is 0.336 e. The molecule has 1 N–H and O–H groups in total. The van der Waals surface area contributed by atoms with Crippen LogP contribution in [0.4, 0.5) is 0 Å². The Balaban J connectivity index is 1.42. The SMILES string of the molecule is CC(=O)Oc1cccc(C(=O)O)c1C1=CCC(C)(C)[C@@H]2CC[C@@H]3[C@]4(CC[C@]5(C)[C@@H]([C@H](C)CCCC(C)C)CC[C@@]35C)C[C@]124. The van der Waals surface area contributed by atoms with E-state index >= 15 is 0 Å². The van der Waals surface area contributed by atoms with Gasteiger partial charge in [-0.1, -0.05) is 79.9 Å². The van der Waals surface area contributed by atoms with Crippen LogP contribution in [0, 0.1) is 56.7 Å². The summed E-state index contributed by atoms with van der Waals surface area (Å²) in [5.74, 6) is 2.55. The third-order valence-corrected chi connectivity index (χ3v) is 14.5. The second-order valence-corrected chi connectivity index (χ2v) is 17.2. The van der Waals surface area contributed by atoms with E-state index in [-0.39, 0.29) is 21.8 Å². The van der Waals surface area contributed by atoms with Gasteiger partial charge >= 0.3 is 11.9 Å². The molecular formula is C39H56O4. The molecule has 6 rings (SSSR count). The van der Waals surface area contributed by atoms with Crippen molar-refractivity contribution < 1.29 is 19.4 Å². The molecule has 4 saturated carbocycles. The number of fused-ring (bicyclic) bond motifs is 2. The van der Waals surface area contributed by atoms with Crippen LogP contribution in [-0.2, 0) is 4.79 Å². The normalized spacial score (nSPS) is 39.6. The Morgan fingerprint density at radius 1 is 0.953 bits per heavy atom. The summed E-state index contributed by atoms with van der Waals surface area (Å²) in [6.45, 7) is 18.9. The fourth-order valence-corrected chi connectivity index (χ4v) is 12.4. The van der Waals surface area contributed by atoms with Gasteiger partial charge in [-0.05, 0) is 120 Å². The summed E-state index contributed by atoms with van der Waals surface area (Å²) in [5, 5.41) is 10.4. The van der Waals surface area contributed by atoms with Crippen molar-refractivity contribution in [3.63, 3.8) is 0 Å². The van der Waals surface area contributed by atoms with Gasteiger partial charge in [-0.15, -0.1) is 0 Å². The van der Waals surface area contributed by atoms with Crippen LogP contribution in [0.25, 0.3) is 5.57 Å². The molecule has 236 valence electrons. The minimum atomic E-state index is -0.946. The molecule has 0 radical (unpaired) electrons. The lowest BCUT2D eigenvalue weighted by Gasteiger charge is -2.63. The van der Waals surface area contributed by atoms with Gasteiger partial charge in [0.25, 0.3) is 0 Å². The number of carbonyl (C=O) groups is 2. The monoisotopic (exact) mass is 588 g/mol. The minimum Gasteiger partial charge on any atom is -0.478 e. The lowest BCUT2D eigenvalue weighted by Crippen LogP contribution is -2.56. The maximum absolute atomic E-state index is 12.7. The highest BCUT2D eigenvalue weighted by Crippen LogP contribution is 2.90. The zero-order chi connectivity index (χ0) is 31.2. The third-order valence-electron chi connectivity index (χ3n) is 14.5. The molecule has 1 aromatic carbocycles. The van der Waals surface area contributed by atoms with E-state index in [1.54, 1.807) is 18.2 Å². The maximum atomic E-state index is 12.7. The number of rotatable bonds is 8. The van der Waals surface area contributed by atoms with E-state index in [4.69, 9.17) is 4.74 Å². The summed E-state index contributed by atoms with van der Waals surface area (Å²) in [6, 6.07) is 5.22. The van der Waals surface area contributed by atoms with E-state index in [0.717, 1.165) is 30.6 Å². The standard InChI is InChI=1S/C39H56O4/c1-24(2)11-9-12-25(3)28-18-20-37(8)32-16-15-31-35(5,6)19-17-29(39(31)23-38(32,39)22-21-36(28,37)7)33-27(34(41)42)13-10-14-30(33)43-26(4)40/h10,13-14,17,24-25,28,31-32H,9,11-12,15-16,18-23H2,1-8H3,(H,41,42)/t25-,28-,31+,32+,36-,37+,38+,39+/m1/s1. The molecule has 4 heteroatoms. The number of carbonyl (C=O) groups excluding carboxylic acids is 1. The number of ether oxygens (including phenoxy) is 1. The average Bonchev–Trinajstić information content (AvgIpc) is 3.51. The Morgan fingerprint density at radius 2 is 1.67 bits per heavy atom. The van der Waals surface area contributed by atoms with E-state index in [1.165, 1.54) is 70.3 Å². The average molecular weight is 589 g/mol. The zero-order valence-electron chi connectivity index (χ0n) is 28.1. The fourth-order valence-electron chi connectivity index (χ4n) is 12.4. The molecule has 2 spiro atoms. The second kappa shape index (κ2) is 10.2. The summed E-state index contributed by atoms with van der Waals surface area (Å²) in [4.78, 5) is 24.9. The van der Waals surface area contributed by atoms with Gasteiger partial charge in [0.15, 0.2) is 0 Å². The van der Waals surface area contributed by atoms with Gasteiger partial charge in [-0.25, -0.2) is 4.79 Å².